The first-order valence-corrected chi connectivity index (χ1v) is 13.2. The molecule has 0 fully saturated rings. The van der Waals surface area contributed by atoms with Gasteiger partial charge in [-0.2, -0.15) is 0 Å². The number of hydrogen-bond acceptors (Lipinski definition) is 4. The second-order valence-corrected chi connectivity index (χ2v) is 10.4. The van der Waals surface area contributed by atoms with Crippen molar-refractivity contribution in [2.24, 2.45) is 24.4 Å². The fourth-order valence-corrected chi connectivity index (χ4v) is 4.69. The molecule has 8 heteroatoms. The zero-order valence-corrected chi connectivity index (χ0v) is 22.9. The maximum absolute atomic E-state index is 13.4. The number of anilines is 1. The molecule has 6 N–H and O–H groups in total. The van der Waals surface area contributed by atoms with Crippen LogP contribution in [0.1, 0.15) is 48.3 Å². The van der Waals surface area contributed by atoms with Crippen molar-refractivity contribution in [3.8, 4) is 0 Å². The molecule has 1 aromatic heterocycles. The average molecular weight is 524 g/mol. The van der Waals surface area contributed by atoms with Gasteiger partial charge >= 0.3 is 0 Å². The smallest absolute Gasteiger partial charge is 0.227 e. The molecular formula is C31H37N7O. The molecule has 1 amide bonds. The van der Waals surface area contributed by atoms with Crippen LogP contribution in [-0.2, 0) is 31.1 Å². The molecule has 0 bridgehead atoms. The van der Waals surface area contributed by atoms with Crippen molar-refractivity contribution in [2.75, 3.05) is 11.4 Å². The zero-order valence-electron chi connectivity index (χ0n) is 22.9. The lowest BCUT2D eigenvalue weighted by molar-refractivity contribution is -0.118. The van der Waals surface area contributed by atoms with E-state index in [4.69, 9.17) is 27.3 Å². The van der Waals surface area contributed by atoms with Crippen LogP contribution >= 0.6 is 0 Å². The van der Waals surface area contributed by atoms with E-state index in [1.165, 1.54) is 0 Å². The number of hydrogen-bond donors (Lipinski definition) is 4. The van der Waals surface area contributed by atoms with E-state index in [1.54, 1.807) is 0 Å². The Kier molecular flexibility index (Phi) is 8.44. The van der Waals surface area contributed by atoms with Gasteiger partial charge in [0.1, 0.15) is 17.5 Å². The van der Waals surface area contributed by atoms with Gasteiger partial charge in [0.25, 0.3) is 0 Å². The lowest BCUT2D eigenvalue weighted by Gasteiger charge is -2.25. The third-order valence-electron chi connectivity index (χ3n) is 6.91. The number of imidazole rings is 1. The van der Waals surface area contributed by atoms with E-state index < -0.39 is 0 Å². The van der Waals surface area contributed by atoms with Gasteiger partial charge in [0.05, 0.1) is 11.0 Å². The number of amides is 1. The number of aromatic nitrogens is 2. The largest absolute Gasteiger partial charge is 0.384 e. The van der Waals surface area contributed by atoms with Crippen molar-refractivity contribution in [1.29, 1.82) is 10.8 Å². The predicted molar refractivity (Wildman–Crippen MR) is 159 cm³/mol. The molecule has 1 heterocycles. The number of benzene rings is 3. The highest BCUT2D eigenvalue weighted by molar-refractivity contribution is 5.96. The Morgan fingerprint density at radius 1 is 0.872 bits per heavy atom. The van der Waals surface area contributed by atoms with Gasteiger partial charge < -0.3 is 20.9 Å². The van der Waals surface area contributed by atoms with Gasteiger partial charge in [-0.25, -0.2) is 4.98 Å². The average Bonchev–Trinajstić information content (AvgIpc) is 3.24. The first-order valence-electron chi connectivity index (χ1n) is 13.2. The predicted octanol–water partition coefficient (Wildman–Crippen LogP) is 4.55. The highest BCUT2D eigenvalue weighted by Crippen LogP contribution is 2.25. The number of carbonyl (C=O) groups is 1. The molecule has 0 saturated heterocycles. The molecule has 0 atom stereocenters. The van der Waals surface area contributed by atoms with Crippen LogP contribution < -0.4 is 16.4 Å². The van der Waals surface area contributed by atoms with E-state index >= 15 is 0 Å². The van der Waals surface area contributed by atoms with Crippen molar-refractivity contribution in [3.63, 3.8) is 0 Å². The molecule has 4 rings (SSSR count). The van der Waals surface area contributed by atoms with Gasteiger partial charge in [0.2, 0.25) is 5.91 Å². The van der Waals surface area contributed by atoms with E-state index in [1.807, 2.05) is 78.7 Å². The summed E-state index contributed by atoms with van der Waals surface area (Å²) in [7, 11) is 2.03. The summed E-state index contributed by atoms with van der Waals surface area (Å²) >= 11 is 0. The quantitative estimate of drug-likeness (QED) is 0.169. The SMILES string of the molecule is CC(C)CN(C(=O)CCc1ccc(C(=N)N)cc1)c1ccc2c(c1)nc(CCc1ccc(C(=N)N)cc1)n2C. The number of rotatable bonds is 11. The molecule has 0 unspecified atom stereocenters. The van der Waals surface area contributed by atoms with Gasteiger partial charge in [-0.3, -0.25) is 15.6 Å². The summed E-state index contributed by atoms with van der Waals surface area (Å²) in [5.74, 6) is 1.48. The van der Waals surface area contributed by atoms with Gasteiger partial charge in [-0.1, -0.05) is 62.4 Å². The summed E-state index contributed by atoms with van der Waals surface area (Å²) in [6.45, 7) is 4.85. The number of aryl methyl sites for hydroxylation is 4. The van der Waals surface area contributed by atoms with Gasteiger partial charge in [0.15, 0.2) is 0 Å². The molecule has 202 valence electrons. The fourth-order valence-electron chi connectivity index (χ4n) is 4.69. The topological polar surface area (TPSA) is 138 Å². The van der Waals surface area contributed by atoms with Crippen LogP contribution in [0.25, 0.3) is 11.0 Å². The lowest BCUT2D eigenvalue weighted by Crippen LogP contribution is -2.34. The summed E-state index contributed by atoms with van der Waals surface area (Å²) in [6.07, 6.45) is 2.61. The third kappa shape index (κ3) is 6.71. The van der Waals surface area contributed by atoms with Crippen LogP contribution in [0.3, 0.4) is 0 Å². The van der Waals surface area contributed by atoms with E-state index in [-0.39, 0.29) is 17.6 Å². The Morgan fingerprint density at radius 2 is 1.44 bits per heavy atom. The Hall–Kier alpha value is -4.46. The van der Waals surface area contributed by atoms with Crippen molar-refractivity contribution < 1.29 is 4.79 Å². The second kappa shape index (κ2) is 11.9. The van der Waals surface area contributed by atoms with E-state index in [0.29, 0.717) is 30.9 Å². The number of nitrogens with zero attached hydrogens (tertiary/aromatic N) is 3. The summed E-state index contributed by atoms with van der Waals surface area (Å²) in [5.41, 5.74) is 17.5. The number of amidine groups is 2. The van der Waals surface area contributed by atoms with Crippen LogP contribution in [0.15, 0.2) is 66.7 Å². The summed E-state index contributed by atoms with van der Waals surface area (Å²) in [4.78, 5) is 20.2. The minimum Gasteiger partial charge on any atom is -0.384 e. The Bertz CT molecular complexity index is 1480. The Balaban J connectivity index is 1.49. The van der Waals surface area contributed by atoms with Crippen LogP contribution in [-0.4, -0.2) is 33.7 Å². The molecule has 0 aliphatic carbocycles. The van der Waals surface area contributed by atoms with Crippen LogP contribution in [0.5, 0.6) is 0 Å². The number of carbonyl (C=O) groups excluding carboxylic acids is 1. The second-order valence-electron chi connectivity index (χ2n) is 10.4. The monoisotopic (exact) mass is 523 g/mol. The number of nitrogen functional groups attached to an aromatic ring is 2. The minimum absolute atomic E-state index is 0.0390. The number of nitrogens with one attached hydrogen (secondary N) is 2. The molecule has 0 spiro atoms. The van der Waals surface area contributed by atoms with Gasteiger partial charge in [-0.05, 0) is 48.1 Å². The molecule has 0 aliphatic rings. The van der Waals surface area contributed by atoms with Crippen molar-refractivity contribution >= 4 is 34.3 Å². The van der Waals surface area contributed by atoms with E-state index in [9.17, 15) is 4.79 Å². The van der Waals surface area contributed by atoms with Crippen molar-refractivity contribution in [2.45, 2.75) is 39.5 Å². The number of nitrogens with two attached hydrogens (primary N) is 2. The standard InChI is InChI=1S/C31H37N7O/c1-20(2)19-38(29(39)17-9-22-6-12-24(13-7-22)31(34)35)25-14-15-27-26(18-25)36-28(37(27)3)16-8-21-4-10-23(11-5-21)30(32)33/h4-7,10-15,18,20H,8-9,16-17,19H2,1-3H3,(H3,32,33)(H3,34,35). The van der Waals surface area contributed by atoms with Gasteiger partial charge in [-0.15, -0.1) is 0 Å². The highest BCUT2D eigenvalue weighted by Gasteiger charge is 2.19. The summed E-state index contributed by atoms with van der Waals surface area (Å²) in [5, 5.41) is 15.1. The zero-order chi connectivity index (χ0) is 28.1. The highest BCUT2D eigenvalue weighted by atomic mass is 16.2. The van der Waals surface area contributed by atoms with E-state index in [0.717, 1.165) is 52.1 Å². The van der Waals surface area contributed by atoms with Gasteiger partial charge in [0, 0.05) is 43.2 Å². The van der Waals surface area contributed by atoms with Crippen LogP contribution in [0.2, 0.25) is 0 Å². The molecule has 4 aromatic rings. The van der Waals surface area contributed by atoms with Crippen LogP contribution in [0, 0.1) is 16.7 Å². The molecule has 39 heavy (non-hydrogen) atoms. The Labute approximate surface area is 229 Å². The molecule has 0 saturated carbocycles. The van der Waals surface area contributed by atoms with Crippen molar-refractivity contribution in [1.82, 2.24) is 9.55 Å². The first-order chi connectivity index (χ1) is 18.6. The maximum atomic E-state index is 13.4. The molecule has 3 aromatic carbocycles. The molecular weight excluding hydrogens is 486 g/mol. The third-order valence-corrected chi connectivity index (χ3v) is 6.91. The number of fused-ring (bicyclic) bond motifs is 1. The molecule has 8 nitrogen and oxygen atoms in total. The molecule has 0 aliphatic heterocycles. The van der Waals surface area contributed by atoms with E-state index in [2.05, 4.69) is 18.4 Å². The lowest BCUT2D eigenvalue weighted by atomic mass is 10.1. The summed E-state index contributed by atoms with van der Waals surface area (Å²) < 4.78 is 2.11. The fraction of sp³-hybridized carbons (Fsp3) is 0.290. The first kappa shape index (κ1) is 27.6. The normalized spacial score (nSPS) is 11.2. The Morgan fingerprint density at radius 3 is 1.97 bits per heavy atom. The van der Waals surface area contributed by atoms with Crippen LogP contribution in [0.4, 0.5) is 5.69 Å². The van der Waals surface area contributed by atoms with Crippen molar-refractivity contribution in [3.05, 3.63) is 94.8 Å². The minimum atomic E-state index is 0.0390. The molecule has 0 radical (unpaired) electrons. The summed E-state index contributed by atoms with van der Waals surface area (Å²) in [6, 6.07) is 21.3. The maximum Gasteiger partial charge on any atom is 0.227 e.